The number of rotatable bonds is 4. The summed E-state index contributed by atoms with van der Waals surface area (Å²) in [6.07, 6.45) is 1.87. The first-order valence-corrected chi connectivity index (χ1v) is 5.86. The van der Waals surface area contributed by atoms with Gasteiger partial charge in [0.25, 0.3) is 0 Å². The fourth-order valence-corrected chi connectivity index (χ4v) is 1.44. The molecule has 0 radical (unpaired) electrons. The van der Waals surface area contributed by atoms with Crippen molar-refractivity contribution in [3.05, 3.63) is 34.9 Å². The first-order valence-electron chi connectivity index (χ1n) is 5.48. The molecule has 0 atom stereocenters. The molecule has 0 aliphatic rings. The van der Waals surface area contributed by atoms with Gasteiger partial charge in [0.15, 0.2) is 0 Å². The fourth-order valence-electron chi connectivity index (χ4n) is 1.32. The Kier molecular flexibility index (Phi) is 5.49. The van der Waals surface area contributed by atoms with Crippen LogP contribution in [-0.2, 0) is 0 Å². The summed E-state index contributed by atoms with van der Waals surface area (Å²) in [7, 11) is 1.61. The summed E-state index contributed by atoms with van der Waals surface area (Å²) >= 11 is 5.85. The largest absolute Gasteiger partial charge is 0.369 e. The lowest BCUT2D eigenvalue weighted by atomic mass is 10.1. The van der Waals surface area contributed by atoms with Gasteiger partial charge in [-0.15, -0.1) is 0 Å². The van der Waals surface area contributed by atoms with Crippen LogP contribution in [0.4, 0.5) is 0 Å². The van der Waals surface area contributed by atoms with Crippen molar-refractivity contribution in [1.29, 1.82) is 0 Å². The van der Waals surface area contributed by atoms with Crippen LogP contribution in [0.15, 0.2) is 34.4 Å². The summed E-state index contributed by atoms with van der Waals surface area (Å²) in [5, 5.41) is 4.97. The van der Waals surface area contributed by atoms with Crippen molar-refractivity contribution >= 4 is 23.3 Å². The Bertz CT molecular complexity index is 409. The molecule has 0 unspecified atom stereocenters. The molecule has 0 fully saturated rings. The number of nitrogens with zero attached hydrogens (tertiary/aromatic N) is 2. The maximum atomic E-state index is 5.85. The molecule has 4 nitrogen and oxygen atoms in total. The summed E-state index contributed by atoms with van der Waals surface area (Å²) in [5.74, 6) is 0.299. The van der Waals surface area contributed by atoms with E-state index < -0.39 is 0 Å². The molecule has 0 aromatic heterocycles. The van der Waals surface area contributed by atoms with Gasteiger partial charge in [0.1, 0.15) is 0 Å². The molecule has 92 valence electrons. The van der Waals surface area contributed by atoms with Crippen molar-refractivity contribution < 1.29 is 0 Å². The van der Waals surface area contributed by atoms with Crippen molar-refractivity contribution in [2.45, 2.75) is 19.8 Å². The van der Waals surface area contributed by atoms with Crippen molar-refractivity contribution in [3.8, 4) is 0 Å². The van der Waals surface area contributed by atoms with E-state index in [1.165, 1.54) is 0 Å². The highest BCUT2D eigenvalue weighted by atomic mass is 35.5. The maximum absolute atomic E-state index is 5.85. The van der Waals surface area contributed by atoms with Gasteiger partial charge in [0.2, 0.25) is 5.96 Å². The zero-order valence-corrected chi connectivity index (χ0v) is 10.8. The molecule has 5 heteroatoms. The number of nitrogens with one attached hydrogen (secondary N) is 1. The minimum absolute atomic E-state index is 0.299. The quantitative estimate of drug-likeness (QED) is 0.491. The van der Waals surface area contributed by atoms with Gasteiger partial charge in [0, 0.05) is 12.1 Å². The molecular formula is C12H17ClN4. The number of hydrogen-bond donors (Lipinski definition) is 2. The van der Waals surface area contributed by atoms with Gasteiger partial charge in [-0.25, -0.2) is 5.43 Å². The van der Waals surface area contributed by atoms with Gasteiger partial charge in [0.05, 0.1) is 5.71 Å². The highest BCUT2D eigenvalue weighted by molar-refractivity contribution is 6.30. The van der Waals surface area contributed by atoms with Gasteiger partial charge in [-0.05, 0) is 24.1 Å². The van der Waals surface area contributed by atoms with Crippen molar-refractivity contribution in [2.75, 3.05) is 7.05 Å². The normalized spacial score (nSPS) is 12.6. The van der Waals surface area contributed by atoms with Crippen LogP contribution in [0.1, 0.15) is 25.3 Å². The van der Waals surface area contributed by atoms with E-state index >= 15 is 0 Å². The molecule has 0 saturated heterocycles. The van der Waals surface area contributed by atoms with E-state index in [1.54, 1.807) is 7.05 Å². The Labute approximate surface area is 107 Å². The molecule has 0 bridgehead atoms. The molecule has 1 aromatic rings. The SMILES string of the molecule is CCC/C(=N\NC(N)=NC)c1ccc(Cl)cc1. The van der Waals surface area contributed by atoms with Gasteiger partial charge < -0.3 is 5.73 Å². The number of hydrogen-bond acceptors (Lipinski definition) is 2. The van der Waals surface area contributed by atoms with Crippen molar-refractivity contribution in [1.82, 2.24) is 5.43 Å². The molecule has 0 spiro atoms. The topological polar surface area (TPSA) is 62.8 Å². The Morgan fingerprint density at radius 2 is 2.00 bits per heavy atom. The second-order valence-corrected chi connectivity index (χ2v) is 3.97. The van der Waals surface area contributed by atoms with Crippen molar-refractivity contribution in [3.63, 3.8) is 0 Å². The fraction of sp³-hybridized carbons (Fsp3) is 0.333. The van der Waals surface area contributed by atoms with Crippen LogP contribution in [0, 0.1) is 0 Å². The second-order valence-electron chi connectivity index (χ2n) is 3.54. The summed E-state index contributed by atoms with van der Waals surface area (Å²) in [6.45, 7) is 2.10. The van der Waals surface area contributed by atoms with Crippen molar-refractivity contribution in [2.24, 2.45) is 15.8 Å². The van der Waals surface area contributed by atoms with E-state index in [4.69, 9.17) is 17.3 Å². The van der Waals surface area contributed by atoms with Crippen LogP contribution in [0.25, 0.3) is 0 Å². The molecule has 0 amide bonds. The lowest BCUT2D eigenvalue weighted by Gasteiger charge is -2.06. The molecule has 1 rings (SSSR count). The second kappa shape index (κ2) is 6.91. The summed E-state index contributed by atoms with van der Waals surface area (Å²) in [6, 6.07) is 7.58. The molecule has 3 N–H and O–H groups in total. The predicted octanol–water partition coefficient (Wildman–Crippen LogP) is 2.38. The number of halogens is 1. The Morgan fingerprint density at radius 3 is 2.53 bits per heavy atom. The van der Waals surface area contributed by atoms with E-state index in [1.807, 2.05) is 24.3 Å². The average Bonchev–Trinajstić information content (AvgIpc) is 2.35. The van der Waals surface area contributed by atoms with Crippen LogP contribution in [0.3, 0.4) is 0 Å². The minimum Gasteiger partial charge on any atom is -0.369 e. The number of aliphatic imine (C=N–C) groups is 1. The van der Waals surface area contributed by atoms with Gasteiger partial charge in [-0.3, -0.25) is 4.99 Å². The Balaban J connectivity index is 2.88. The summed E-state index contributed by atoms with van der Waals surface area (Å²) < 4.78 is 0. The van der Waals surface area contributed by atoms with Crippen LogP contribution in [0.5, 0.6) is 0 Å². The lowest BCUT2D eigenvalue weighted by molar-refractivity contribution is 0.941. The number of nitrogens with two attached hydrogens (primary N) is 1. The zero-order chi connectivity index (χ0) is 12.7. The highest BCUT2D eigenvalue weighted by Gasteiger charge is 2.03. The molecule has 1 aromatic carbocycles. The van der Waals surface area contributed by atoms with E-state index in [9.17, 15) is 0 Å². The average molecular weight is 253 g/mol. The number of guanidine groups is 1. The van der Waals surface area contributed by atoms with Crippen LogP contribution >= 0.6 is 11.6 Å². The highest BCUT2D eigenvalue weighted by Crippen LogP contribution is 2.12. The van der Waals surface area contributed by atoms with Crippen LogP contribution in [-0.4, -0.2) is 18.7 Å². The Hall–Kier alpha value is -1.55. The van der Waals surface area contributed by atoms with E-state index in [2.05, 4.69) is 22.4 Å². The molecular weight excluding hydrogens is 236 g/mol. The van der Waals surface area contributed by atoms with Gasteiger partial charge in [-0.2, -0.15) is 5.10 Å². The monoisotopic (exact) mass is 252 g/mol. The third-order valence-corrected chi connectivity index (χ3v) is 2.46. The van der Waals surface area contributed by atoms with Gasteiger partial charge in [-0.1, -0.05) is 37.1 Å². The molecule has 0 heterocycles. The molecule has 17 heavy (non-hydrogen) atoms. The molecule has 0 aliphatic heterocycles. The van der Waals surface area contributed by atoms with Gasteiger partial charge >= 0.3 is 0 Å². The predicted molar refractivity (Wildman–Crippen MR) is 73.6 cm³/mol. The number of benzene rings is 1. The maximum Gasteiger partial charge on any atom is 0.209 e. The lowest BCUT2D eigenvalue weighted by Crippen LogP contribution is -2.28. The third kappa shape index (κ3) is 4.44. The van der Waals surface area contributed by atoms with E-state index in [-0.39, 0.29) is 0 Å². The van der Waals surface area contributed by atoms with Crippen LogP contribution < -0.4 is 11.2 Å². The standard InChI is InChI=1S/C12H17ClN4/c1-3-4-11(16-17-12(14)15-2)9-5-7-10(13)8-6-9/h5-8H,3-4H2,1-2H3,(H3,14,15,17)/b16-11+. The number of hydrazone groups is 1. The Morgan fingerprint density at radius 1 is 1.35 bits per heavy atom. The minimum atomic E-state index is 0.299. The first-order chi connectivity index (χ1) is 8.17. The van der Waals surface area contributed by atoms with E-state index in [0.717, 1.165) is 24.1 Å². The summed E-state index contributed by atoms with van der Waals surface area (Å²) in [4.78, 5) is 3.78. The third-order valence-electron chi connectivity index (χ3n) is 2.21. The molecule has 0 aliphatic carbocycles. The summed E-state index contributed by atoms with van der Waals surface area (Å²) in [5.41, 5.74) is 10.2. The van der Waals surface area contributed by atoms with Crippen LogP contribution in [0.2, 0.25) is 5.02 Å². The smallest absolute Gasteiger partial charge is 0.209 e. The first kappa shape index (κ1) is 13.5. The zero-order valence-electron chi connectivity index (χ0n) is 10.1. The van der Waals surface area contributed by atoms with E-state index in [0.29, 0.717) is 11.0 Å². The molecule has 0 saturated carbocycles.